The first-order valence-corrected chi connectivity index (χ1v) is 5.09. The molecule has 2 N–H and O–H groups in total. The summed E-state index contributed by atoms with van der Waals surface area (Å²) in [5, 5.41) is 0. The summed E-state index contributed by atoms with van der Waals surface area (Å²) in [5.41, 5.74) is 5.69. The first-order chi connectivity index (χ1) is 4.86. The van der Waals surface area contributed by atoms with Gasteiger partial charge in [-0.3, -0.25) is 4.90 Å². The first-order valence-electron chi connectivity index (χ1n) is 3.93. The number of likely N-dealkylation sites (tertiary alicyclic amines) is 1. The Morgan fingerprint density at radius 3 is 2.70 bits per heavy atom. The van der Waals surface area contributed by atoms with E-state index < -0.39 is 0 Å². The monoisotopic (exact) mass is 158 g/mol. The molecule has 2 nitrogen and oxygen atoms in total. The fraction of sp³-hybridized carbons (Fsp3) is 1.00. The normalized spacial score (nSPS) is 36.3. The zero-order chi connectivity index (χ0) is 6.97. The van der Waals surface area contributed by atoms with Crippen molar-refractivity contribution in [1.82, 2.24) is 4.90 Å². The third kappa shape index (κ3) is 1.18. The van der Waals surface area contributed by atoms with Crippen LogP contribution in [0.15, 0.2) is 0 Å². The van der Waals surface area contributed by atoms with Gasteiger partial charge in [-0.15, -0.1) is 0 Å². The van der Waals surface area contributed by atoms with E-state index in [2.05, 4.69) is 16.7 Å². The van der Waals surface area contributed by atoms with E-state index in [9.17, 15) is 0 Å². The molecule has 0 aromatic heterocycles. The number of nitrogens with zero attached hydrogens (tertiary/aromatic N) is 1. The van der Waals surface area contributed by atoms with Gasteiger partial charge in [0.05, 0.1) is 0 Å². The maximum absolute atomic E-state index is 5.69. The second kappa shape index (κ2) is 2.72. The van der Waals surface area contributed by atoms with E-state index in [-0.39, 0.29) is 0 Å². The molecule has 2 rings (SSSR count). The molecule has 0 amide bonds. The van der Waals surface area contributed by atoms with Crippen molar-refractivity contribution in [2.45, 2.75) is 18.5 Å². The molecule has 1 atom stereocenters. The SMILES string of the molecule is NC1CN([C@H]2CCSC2)C1. The summed E-state index contributed by atoms with van der Waals surface area (Å²) in [7, 11) is 0. The van der Waals surface area contributed by atoms with Crippen molar-refractivity contribution in [2.24, 2.45) is 5.73 Å². The summed E-state index contributed by atoms with van der Waals surface area (Å²) in [5.74, 6) is 2.70. The molecule has 0 aromatic carbocycles. The summed E-state index contributed by atoms with van der Waals surface area (Å²) in [6.45, 7) is 2.29. The molecular weight excluding hydrogens is 144 g/mol. The quantitative estimate of drug-likeness (QED) is 0.588. The average molecular weight is 158 g/mol. The largest absolute Gasteiger partial charge is 0.325 e. The molecule has 0 aliphatic carbocycles. The second-order valence-electron chi connectivity index (χ2n) is 3.23. The van der Waals surface area contributed by atoms with Crippen LogP contribution < -0.4 is 5.73 Å². The Bertz CT molecular complexity index is 117. The highest BCUT2D eigenvalue weighted by molar-refractivity contribution is 7.99. The molecule has 0 aromatic rings. The van der Waals surface area contributed by atoms with E-state index in [4.69, 9.17) is 5.73 Å². The standard InChI is InChI=1S/C7H14N2S/c8-6-3-9(4-6)7-1-2-10-5-7/h6-7H,1-5,8H2/t7-/m0/s1. The minimum absolute atomic E-state index is 0.477. The van der Waals surface area contributed by atoms with Crippen LogP contribution in [0.5, 0.6) is 0 Å². The second-order valence-corrected chi connectivity index (χ2v) is 4.38. The third-order valence-corrected chi connectivity index (χ3v) is 3.50. The molecule has 2 aliphatic rings. The number of rotatable bonds is 1. The molecule has 2 heterocycles. The Kier molecular flexibility index (Phi) is 1.89. The molecule has 3 heteroatoms. The maximum atomic E-state index is 5.69. The Labute approximate surface area is 66.1 Å². The van der Waals surface area contributed by atoms with E-state index in [1.807, 2.05) is 0 Å². The molecule has 2 aliphatic heterocycles. The zero-order valence-corrected chi connectivity index (χ0v) is 6.94. The minimum Gasteiger partial charge on any atom is -0.325 e. The van der Waals surface area contributed by atoms with E-state index >= 15 is 0 Å². The van der Waals surface area contributed by atoms with E-state index in [1.54, 1.807) is 0 Å². The van der Waals surface area contributed by atoms with Gasteiger partial charge in [-0.05, 0) is 12.2 Å². The van der Waals surface area contributed by atoms with Crippen molar-refractivity contribution in [3.05, 3.63) is 0 Å². The smallest absolute Gasteiger partial charge is 0.0297 e. The number of thioether (sulfide) groups is 1. The van der Waals surface area contributed by atoms with Crippen LogP contribution in [0.3, 0.4) is 0 Å². The number of nitrogens with two attached hydrogens (primary N) is 1. The fourth-order valence-electron chi connectivity index (χ4n) is 1.66. The van der Waals surface area contributed by atoms with Gasteiger partial charge in [-0.25, -0.2) is 0 Å². The lowest BCUT2D eigenvalue weighted by atomic mass is 10.1. The minimum atomic E-state index is 0.477. The highest BCUT2D eigenvalue weighted by Gasteiger charge is 2.31. The predicted octanol–water partition coefficient (Wildman–Crippen LogP) is 0.135. The van der Waals surface area contributed by atoms with Gasteiger partial charge in [0.1, 0.15) is 0 Å². The molecule has 0 radical (unpaired) electrons. The van der Waals surface area contributed by atoms with Gasteiger partial charge in [0.15, 0.2) is 0 Å². The van der Waals surface area contributed by atoms with E-state index in [0.717, 1.165) is 19.1 Å². The first kappa shape index (κ1) is 6.95. The fourth-order valence-corrected chi connectivity index (χ4v) is 2.91. The molecule has 10 heavy (non-hydrogen) atoms. The van der Waals surface area contributed by atoms with Gasteiger partial charge >= 0.3 is 0 Å². The molecule has 58 valence electrons. The van der Waals surface area contributed by atoms with Crippen molar-refractivity contribution in [1.29, 1.82) is 0 Å². The summed E-state index contributed by atoms with van der Waals surface area (Å²) < 4.78 is 0. The topological polar surface area (TPSA) is 29.3 Å². The Balaban J connectivity index is 1.78. The Morgan fingerprint density at radius 2 is 2.20 bits per heavy atom. The van der Waals surface area contributed by atoms with Crippen LogP contribution in [0.25, 0.3) is 0 Å². The van der Waals surface area contributed by atoms with Crippen LogP contribution >= 0.6 is 11.8 Å². The van der Waals surface area contributed by atoms with Gasteiger partial charge in [0.2, 0.25) is 0 Å². The Morgan fingerprint density at radius 1 is 1.40 bits per heavy atom. The predicted molar refractivity (Wildman–Crippen MR) is 45.3 cm³/mol. The molecule has 2 fully saturated rings. The van der Waals surface area contributed by atoms with Gasteiger partial charge in [0, 0.05) is 30.9 Å². The lowest BCUT2D eigenvalue weighted by molar-refractivity contribution is 0.107. The van der Waals surface area contributed by atoms with Crippen LogP contribution in [0, 0.1) is 0 Å². The average Bonchev–Trinajstić information content (AvgIpc) is 2.31. The summed E-state index contributed by atoms with van der Waals surface area (Å²) in [6, 6.07) is 1.34. The van der Waals surface area contributed by atoms with Gasteiger partial charge < -0.3 is 5.73 Å². The zero-order valence-electron chi connectivity index (χ0n) is 6.12. The van der Waals surface area contributed by atoms with Crippen molar-refractivity contribution in [3.63, 3.8) is 0 Å². The third-order valence-electron chi connectivity index (χ3n) is 2.36. The van der Waals surface area contributed by atoms with Crippen LogP contribution in [-0.2, 0) is 0 Å². The summed E-state index contributed by atoms with van der Waals surface area (Å²) in [4.78, 5) is 2.52. The van der Waals surface area contributed by atoms with Crippen LogP contribution in [0.4, 0.5) is 0 Å². The lowest BCUT2D eigenvalue weighted by Gasteiger charge is -2.40. The van der Waals surface area contributed by atoms with Crippen LogP contribution in [-0.4, -0.2) is 41.6 Å². The number of hydrogen-bond acceptors (Lipinski definition) is 3. The lowest BCUT2D eigenvalue weighted by Crippen LogP contribution is -2.59. The van der Waals surface area contributed by atoms with Crippen molar-refractivity contribution in [3.8, 4) is 0 Å². The molecular formula is C7H14N2S. The molecule has 0 unspecified atom stereocenters. The van der Waals surface area contributed by atoms with Crippen molar-refractivity contribution < 1.29 is 0 Å². The Hall–Kier alpha value is 0.270. The molecule has 0 saturated carbocycles. The maximum Gasteiger partial charge on any atom is 0.0297 e. The van der Waals surface area contributed by atoms with E-state index in [0.29, 0.717) is 6.04 Å². The highest BCUT2D eigenvalue weighted by atomic mass is 32.2. The van der Waals surface area contributed by atoms with E-state index in [1.165, 1.54) is 17.9 Å². The molecule has 0 spiro atoms. The molecule has 0 bridgehead atoms. The van der Waals surface area contributed by atoms with Crippen LogP contribution in [0.1, 0.15) is 6.42 Å². The van der Waals surface area contributed by atoms with Gasteiger partial charge in [-0.1, -0.05) is 0 Å². The number of hydrogen-bond donors (Lipinski definition) is 1. The molecule has 2 saturated heterocycles. The van der Waals surface area contributed by atoms with Crippen molar-refractivity contribution >= 4 is 11.8 Å². The summed E-state index contributed by atoms with van der Waals surface area (Å²) in [6.07, 6.45) is 1.39. The van der Waals surface area contributed by atoms with Crippen LogP contribution in [0.2, 0.25) is 0 Å². The summed E-state index contributed by atoms with van der Waals surface area (Å²) >= 11 is 2.08. The van der Waals surface area contributed by atoms with Gasteiger partial charge in [-0.2, -0.15) is 11.8 Å². The highest BCUT2D eigenvalue weighted by Crippen LogP contribution is 2.25. The van der Waals surface area contributed by atoms with Gasteiger partial charge in [0.25, 0.3) is 0 Å². The van der Waals surface area contributed by atoms with Crippen molar-refractivity contribution in [2.75, 3.05) is 24.6 Å².